The van der Waals surface area contributed by atoms with Crippen molar-refractivity contribution in [2.24, 2.45) is 0 Å². The fraction of sp³-hybridized carbons (Fsp3) is 0.174. The Balaban J connectivity index is 1.80. The summed E-state index contributed by atoms with van der Waals surface area (Å²) >= 11 is 0. The van der Waals surface area contributed by atoms with Crippen LogP contribution in [-0.4, -0.2) is 12.5 Å². The van der Waals surface area contributed by atoms with Crippen LogP contribution in [0.1, 0.15) is 30.4 Å². The van der Waals surface area contributed by atoms with Crippen molar-refractivity contribution < 1.29 is 9.53 Å². The molecule has 0 heterocycles. The second-order valence-electron chi connectivity index (χ2n) is 6.06. The number of benzene rings is 3. The lowest BCUT2D eigenvalue weighted by Crippen LogP contribution is -2.17. The molecule has 3 heteroatoms. The maximum atomic E-state index is 12.8. The van der Waals surface area contributed by atoms with Gasteiger partial charge in [-0.3, -0.25) is 4.79 Å². The maximum absolute atomic E-state index is 12.8. The molecule has 1 N–H and O–H groups in total. The lowest BCUT2D eigenvalue weighted by Gasteiger charge is -2.18. The third-order valence-electron chi connectivity index (χ3n) is 4.25. The fourth-order valence-electron chi connectivity index (χ4n) is 3.04. The van der Waals surface area contributed by atoms with Gasteiger partial charge in [0.15, 0.2) is 0 Å². The van der Waals surface area contributed by atoms with Crippen LogP contribution in [0.2, 0.25) is 0 Å². The normalized spacial score (nSPS) is 10.5. The standard InChI is InChI=1S/C23H23NO2/c1-2-26-22-16-10-9-15-21(22)24-23(25)17-20(18-11-5-3-6-12-18)19-13-7-4-8-14-19/h3-16,20H,2,17H2,1H3,(H,24,25). The molecule has 1 amide bonds. The van der Waals surface area contributed by atoms with E-state index >= 15 is 0 Å². The van der Waals surface area contributed by atoms with Gasteiger partial charge in [-0.05, 0) is 30.2 Å². The van der Waals surface area contributed by atoms with E-state index in [1.165, 1.54) is 0 Å². The van der Waals surface area contributed by atoms with Gasteiger partial charge in [-0.15, -0.1) is 0 Å². The van der Waals surface area contributed by atoms with Crippen LogP contribution in [0.3, 0.4) is 0 Å². The summed E-state index contributed by atoms with van der Waals surface area (Å²) in [6, 6.07) is 27.8. The highest BCUT2D eigenvalue weighted by Crippen LogP contribution is 2.29. The maximum Gasteiger partial charge on any atom is 0.225 e. The van der Waals surface area contributed by atoms with Gasteiger partial charge < -0.3 is 10.1 Å². The molecule has 0 aliphatic carbocycles. The van der Waals surface area contributed by atoms with Crippen LogP contribution in [0.15, 0.2) is 84.9 Å². The number of carbonyl (C=O) groups excluding carboxylic acids is 1. The number of anilines is 1. The minimum Gasteiger partial charge on any atom is -0.492 e. The number of ether oxygens (including phenoxy) is 1. The van der Waals surface area contributed by atoms with Crippen molar-refractivity contribution in [1.82, 2.24) is 0 Å². The van der Waals surface area contributed by atoms with E-state index in [-0.39, 0.29) is 11.8 Å². The molecule has 3 rings (SSSR count). The Kier molecular flexibility index (Phi) is 6.05. The average molecular weight is 345 g/mol. The van der Waals surface area contributed by atoms with Crippen molar-refractivity contribution in [2.45, 2.75) is 19.3 Å². The zero-order valence-corrected chi connectivity index (χ0v) is 14.9. The Hall–Kier alpha value is -3.07. The highest BCUT2D eigenvalue weighted by atomic mass is 16.5. The summed E-state index contributed by atoms with van der Waals surface area (Å²) in [7, 11) is 0. The number of hydrogen-bond donors (Lipinski definition) is 1. The Morgan fingerprint density at radius 3 is 1.96 bits per heavy atom. The highest BCUT2D eigenvalue weighted by Gasteiger charge is 2.18. The Labute approximate surface area is 154 Å². The van der Waals surface area contributed by atoms with Crippen LogP contribution >= 0.6 is 0 Å². The zero-order chi connectivity index (χ0) is 18.2. The summed E-state index contributed by atoms with van der Waals surface area (Å²) in [4.78, 5) is 12.8. The smallest absolute Gasteiger partial charge is 0.225 e. The number of hydrogen-bond acceptors (Lipinski definition) is 2. The van der Waals surface area contributed by atoms with E-state index in [2.05, 4.69) is 29.6 Å². The minimum atomic E-state index is -0.0325. The van der Waals surface area contributed by atoms with Gasteiger partial charge >= 0.3 is 0 Å². The molecule has 0 bridgehead atoms. The van der Waals surface area contributed by atoms with Crippen molar-refractivity contribution in [1.29, 1.82) is 0 Å². The summed E-state index contributed by atoms with van der Waals surface area (Å²) in [5, 5.41) is 3.00. The zero-order valence-electron chi connectivity index (χ0n) is 14.9. The topological polar surface area (TPSA) is 38.3 Å². The molecule has 0 aliphatic heterocycles. The van der Waals surface area contributed by atoms with Gasteiger partial charge in [0, 0.05) is 12.3 Å². The molecule has 26 heavy (non-hydrogen) atoms. The first-order valence-electron chi connectivity index (χ1n) is 8.89. The Morgan fingerprint density at radius 1 is 0.846 bits per heavy atom. The molecule has 0 radical (unpaired) electrons. The number of para-hydroxylation sites is 2. The minimum absolute atomic E-state index is 0.0108. The summed E-state index contributed by atoms with van der Waals surface area (Å²) in [5.74, 6) is 0.672. The number of carbonyl (C=O) groups is 1. The van der Waals surface area contributed by atoms with E-state index in [1.807, 2.05) is 67.6 Å². The van der Waals surface area contributed by atoms with Crippen LogP contribution in [0, 0.1) is 0 Å². The van der Waals surface area contributed by atoms with Gasteiger partial charge in [0.1, 0.15) is 5.75 Å². The fourth-order valence-corrected chi connectivity index (χ4v) is 3.04. The van der Waals surface area contributed by atoms with Gasteiger partial charge in [-0.1, -0.05) is 72.8 Å². The van der Waals surface area contributed by atoms with Crippen molar-refractivity contribution in [2.75, 3.05) is 11.9 Å². The molecule has 0 spiro atoms. The molecule has 0 fully saturated rings. The Morgan fingerprint density at radius 2 is 1.38 bits per heavy atom. The van der Waals surface area contributed by atoms with Gasteiger partial charge in [0.25, 0.3) is 0 Å². The molecule has 0 aromatic heterocycles. The molecule has 3 aromatic carbocycles. The van der Waals surface area contributed by atoms with Gasteiger partial charge in [-0.2, -0.15) is 0 Å². The first-order chi connectivity index (χ1) is 12.8. The molecular weight excluding hydrogens is 322 g/mol. The van der Waals surface area contributed by atoms with Crippen molar-refractivity contribution >= 4 is 11.6 Å². The molecule has 132 valence electrons. The predicted octanol–water partition coefficient (Wildman–Crippen LogP) is 5.25. The molecule has 3 nitrogen and oxygen atoms in total. The van der Waals surface area contributed by atoms with Gasteiger partial charge in [0.2, 0.25) is 5.91 Å². The van der Waals surface area contributed by atoms with E-state index in [0.717, 1.165) is 11.1 Å². The predicted molar refractivity (Wildman–Crippen MR) is 106 cm³/mol. The molecule has 0 saturated carbocycles. The third-order valence-corrected chi connectivity index (χ3v) is 4.25. The van der Waals surface area contributed by atoms with E-state index in [0.29, 0.717) is 24.5 Å². The van der Waals surface area contributed by atoms with Crippen LogP contribution in [0.5, 0.6) is 5.75 Å². The van der Waals surface area contributed by atoms with Crippen LogP contribution in [-0.2, 0) is 4.79 Å². The Bertz CT molecular complexity index is 792. The van der Waals surface area contributed by atoms with Crippen molar-refractivity contribution in [3.05, 3.63) is 96.1 Å². The van der Waals surface area contributed by atoms with E-state index < -0.39 is 0 Å². The summed E-state index contributed by atoms with van der Waals surface area (Å²) < 4.78 is 5.60. The molecular formula is C23H23NO2. The average Bonchev–Trinajstić information content (AvgIpc) is 2.69. The van der Waals surface area contributed by atoms with E-state index in [1.54, 1.807) is 0 Å². The van der Waals surface area contributed by atoms with E-state index in [9.17, 15) is 4.79 Å². The van der Waals surface area contributed by atoms with Crippen LogP contribution in [0.25, 0.3) is 0 Å². The second kappa shape index (κ2) is 8.86. The largest absolute Gasteiger partial charge is 0.492 e. The second-order valence-corrected chi connectivity index (χ2v) is 6.06. The summed E-state index contributed by atoms with van der Waals surface area (Å²) in [6.07, 6.45) is 0.370. The lowest BCUT2D eigenvalue weighted by atomic mass is 9.88. The molecule has 0 unspecified atom stereocenters. The number of nitrogens with one attached hydrogen (secondary N) is 1. The van der Waals surface area contributed by atoms with Crippen molar-refractivity contribution in [3.8, 4) is 5.75 Å². The van der Waals surface area contributed by atoms with Crippen LogP contribution < -0.4 is 10.1 Å². The van der Waals surface area contributed by atoms with Crippen LogP contribution in [0.4, 0.5) is 5.69 Å². The van der Waals surface area contributed by atoms with Gasteiger partial charge in [-0.25, -0.2) is 0 Å². The molecule has 0 saturated heterocycles. The SMILES string of the molecule is CCOc1ccccc1NC(=O)CC(c1ccccc1)c1ccccc1. The monoisotopic (exact) mass is 345 g/mol. The molecule has 0 aliphatic rings. The quantitative estimate of drug-likeness (QED) is 0.635. The number of amides is 1. The van der Waals surface area contributed by atoms with Gasteiger partial charge in [0.05, 0.1) is 12.3 Å². The third kappa shape index (κ3) is 4.51. The van der Waals surface area contributed by atoms with Crippen molar-refractivity contribution in [3.63, 3.8) is 0 Å². The summed E-state index contributed by atoms with van der Waals surface area (Å²) in [5.41, 5.74) is 2.97. The molecule has 0 atom stereocenters. The number of rotatable bonds is 7. The summed E-state index contributed by atoms with van der Waals surface area (Å²) in [6.45, 7) is 2.49. The lowest BCUT2D eigenvalue weighted by molar-refractivity contribution is -0.116. The van der Waals surface area contributed by atoms with E-state index in [4.69, 9.17) is 4.74 Å². The highest BCUT2D eigenvalue weighted by molar-refractivity contribution is 5.93. The first-order valence-corrected chi connectivity index (χ1v) is 8.89. The first kappa shape index (κ1) is 17.7. The molecule has 3 aromatic rings.